The van der Waals surface area contributed by atoms with E-state index in [0.717, 1.165) is 5.56 Å². The van der Waals surface area contributed by atoms with Gasteiger partial charge in [0.1, 0.15) is 5.82 Å². The van der Waals surface area contributed by atoms with Crippen LogP contribution in [0.5, 0.6) is 0 Å². The average molecular weight is 247 g/mol. The lowest BCUT2D eigenvalue weighted by molar-refractivity contribution is 0.0691. The molecule has 0 bridgehead atoms. The lowest BCUT2D eigenvalue weighted by Crippen LogP contribution is -2.03. The van der Waals surface area contributed by atoms with E-state index in [1.807, 2.05) is 0 Å². The number of carboxylic acid groups (broad SMARTS) is 1. The van der Waals surface area contributed by atoms with E-state index in [1.54, 1.807) is 13.0 Å². The molecule has 1 aromatic rings. The van der Waals surface area contributed by atoms with Gasteiger partial charge >= 0.3 is 5.97 Å². The second-order valence-corrected chi connectivity index (χ2v) is 3.29. The highest BCUT2D eigenvalue weighted by Gasteiger charge is 2.14. The molecule has 1 rings (SSSR count). The highest BCUT2D eigenvalue weighted by molar-refractivity contribution is 9.08. The molecule has 0 saturated heterocycles. The first kappa shape index (κ1) is 10.2. The van der Waals surface area contributed by atoms with Crippen LogP contribution in [0, 0.1) is 12.7 Å². The zero-order valence-corrected chi connectivity index (χ0v) is 8.56. The molecule has 0 amide bonds. The molecule has 0 spiro atoms. The van der Waals surface area contributed by atoms with Crippen molar-refractivity contribution in [3.05, 3.63) is 34.6 Å². The summed E-state index contributed by atoms with van der Waals surface area (Å²) in [5.74, 6) is -1.89. The number of aromatic carboxylic acids is 1. The second-order valence-electron chi connectivity index (χ2n) is 2.72. The maximum absolute atomic E-state index is 13.3. The summed E-state index contributed by atoms with van der Waals surface area (Å²) in [6.45, 7) is 1.73. The third kappa shape index (κ3) is 2.06. The van der Waals surface area contributed by atoms with Gasteiger partial charge < -0.3 is 5.11 Å². The lowest BCUT2D eigenvalue weighted by atomic mass is 10.1. The van der Waals surface area contributed by atoms with Crippen LogP contribution in [-0.4, -0.2) is 11.1 Å². The van der Waals surface area contributed by atoms with Gasteiger partial charge in [-0.1, -0.05) is 22.0 Å². The minimum absolute atomic E-state index is 0.269. The van der Waals surface area contributed by atoms with Crippen LogP contribution < -0.4 is 0 Å². The minimum Gasteiger partial charge on any atom is -0.478 e. The van der Waals surface area contributed by atoms with Crippen molar-refractivity contribution >= 4 is 21.9 Å². The van der Waals surface area contributed by atoms with E-state index in [1.165, 1.54) is 6.07 Å². The molecular formula is C9H8BrFO2. The number of alkyl halides is 1. The van der Waals surface area contributed by atoms with E-state index in [0.29, 0.717) is 10.9 Å². The SMILES string of the molecule is Cc1cc(CBr)c(F)c(C(=O)O)c1. The van der Waals surface area contributed by atoms with Gasteiger partial charge in [-0.25, -0.2) is 9.18 Å². The first-order valence-electron chi connectivity index (χ1n) is 3.64. The van der Waals surface area contributed by atoms with E-state index in [4.69, 9.17) is 5.11 Å². The van der Waals surface area contributed by atoms with Crippen molar-refractivity contribution in [3.8, 4) is 0 Å². The molecule has 0 aliphatic carbocycles. The van der Waals surface area contributed by atoms with Gasteiger partial charge in [0.15, 0.2) is 0 Å². The predicted octanol–water partition coefficient (Wildman–Crippen LogP) is 2.73. The second kappa shape index (κ2) is 3.87. The monoisotopic (exact) mass is 246 g/mol. The van der Waals surface area contributed by atoms with E-state index in [-0.39, 0.29) is 5.56 Å². The molecule has 0 heterocycles. The molecule has 0 radical (unpaired) electrons. The predicted molar refractivity (Wildman–Crippen MR) is 50.7 cm³/mol. The average Bonchev–Trinajstić information content (AvgIpc) is 2.08. The van der Waals surface area contributed by atoms with Gasteiger partial charge in [0, 0.05) is 5.33 Å². The van der Waals surface area contributed by atoms with Gasteiger partial charge in [-0.2, -0.15) is 0 Å². The Morgan fingerprint density at radius 3 is 2.69 bits per heavy atom. The van der Waals surface area contributed by atoms with Crippen LogP contribution in [0.2, 0.25) is 0 Å². The van der Waals surface area contributed by atoms with Crippen molar-refractivity contribution in [2.45, 2.75) is 12.3 Å². The zero-order chi connectivity index (χ0) is 10.0. The van der Waals surface area contributed by atoms with Crippen LogP contribution in [0.4, 0.5) is 4.39 Å². The number of benzene rings is 1. The number of carboxylic acids is 1. The summed E-state index contributed by atoms with van der Waals surface area (Å²) in [5.41, 5.74) is 0.847. The Balaban J connectivity index is 3.35. The van der Waals surface area contributed by atoms with Crippen molar-refractivity contribution in [1.82, 2.24) is 0 Å². The van der Waals surface area contributed by atoms with Crippen molar-refractivity contribution in [3.63, 3.8) is 0 Å². The molecule has 0 saturated carbocycles. The molecule has 13 heavy (non-hydrogen) atoms. The maximum atomic E-state index is 13.3. The number of halogens is 2. The van der Waals surface area contributed by atoms with Gasteiger partial charge in [0.2, 0.25) is 0 Å². The van der Waals surface area contributed by atoms with E-state index in [9.17, 15) is 9.18 Å². The topological polar surface area (TPSA) is 37.3 Å². The van der Waals surface area contributed by atoms with Crippen LogP contribution >= 0.6 is 15.9 Å². The molecule has 0 atom stereocenters. The van der Waals surface area contributed by atoms with Gasteiger partial charge in [-0.3, -0.25) is 0 Å². The quantitative estimate of drug-likeness (QED) is 0.816. The van der Waals surface area contributed by atoms with E-state index >= 15 is 0 Å². The Hall–Kier alpha value is -0.900. The molecule has 1 N–H and O–H groups in total. The Bertz CT molecular complexity index is 350. The number of carbonyl (C=O) groups is 1. The molecule has 0 aliphatic rings. The largest absolute Gasteiger partial charge is 0.478 e. The summed E-state index contributed by atoms with van der Waals surface area (Å²) < 4.78 is 13.3. The van der Waals surface area contributed by atoms with E-state index < -0.39 is 11.8 Å². The fourth-order valence-corrected chi connectivity index (χ4v) is 1.50. The Labute approximate surface area is 83.5 Å². The number of rotatable bonds is 2. The maximum Gasteiger partial charge on any atom is 0.338 e. The summed E-state index contributed by atoms with van der Waals surface area (Å²) in [4.78, 5) is 10.6. The number of hydrogen-bond donors (Lipinski definition) is 1. The summed E-state index contributed by atoms with van der Waals surface area (Å²) >= 11 is 3.09. The normalized spacial score (nSPS) is 10.1. The van der Waals surface area contributed by atoms with E-state index in [2.05, 4.69) is 15.9 Å². The van der Waals surface area contributed by atoms with Gasteiger partial charge in [0.25, 0.3) is 0 Å². The zero-order valence-electron chi connectivity index (χ0n) is 6.97. The Morgan fingerprint density at radius 2 is 2.23 bits per heavy atom. The molecule has 0 fully saturated rings. The summed E-state index contributed by atoms with van der Waals surface area (Å²) in [5, 5.41) is 8.97. The van der Waals surface area contributed by atoms with Crippen LogP contribution in [0.1, 0.15) is 21.5 Å². The van der Waals surface area contributed by atoms with Crippen molar-refractivity contribution < 1.29 is 14.3 Å². The smallest absolute Gasteiger partial charge is 0.338 e. The standard InChI is InChI=1S/C9H8BrFO2/c1-5-2-6(4-10)8(11)7(3-5)9(12)13/h2-3H,4H2,1H3,(H,12,13). The van der Waals surface area contributed by atoms with Gasteiger partial charge in [-0.05, 0) is 24.1 Å². The first-order valence-corrected chi connectivity index (χ1v) is 4.76. The fourth-order valence-electron chi connectivity index (χ4n) is 1.10. The highest BCUT2D eigenvalue weighted by atomic mass is 79.9. The van der Waals surface area contributed by atoms with Crippen LogP contribution in [0.15, 0.2) is 12.1 Å². The summed E-state index contributed by atoms with van der Waals surface area (Å²) in [6, 6.07) is 2.94. The first-order chi connectivity index (χ1) is 6.06. The molecule has 70 valence electrons. The Morgan fingerprint density at radius 1 is 1.62 bits per heavy atom. The molecule has 1 aromatic carbocycles. The number of aryl methyl sites for hydroxylation is 1. The van der Waals surface area contributed by atoms with Gasteiger partial charge in [0.05, 0.1) is 5.56 Å². The molecule has 0 aliphatic heterocycles. The van der Waals surface area contributed by atoms with Crippen LogP contribution in [0.25, 0.3) is 0 Å². The fraction of sp³-hybridized carbons (Fsp3) is 0.222. The van der Waals surface area contributed by atoms with Crippen molar-refractivity contribution in [2.24, 2.45) is 0 Å². The van der Waals surface area contributed by atoms with Gasteiger partial charge in [-0.15, -0.1) is 0 Å². The molecular weight excluding hydrogens is 239 g/mol. The molecule has 0 aromatic heterocycles. The minimum atomic E-state index is -1.23. The number of hydrogen-bond acceptors (Lipinski definition) is 1. The van der Waals surface area contributed by atoms with Crippen molar-refractivity contribution in [2.75, 3.05) is 0 Å². The third-order valence-electron chi connectivity index (χ3n) is 1.67. The molecule has 0 unspecified atom stereocenters. The Kier molecular flexibility index (Phi) is 3.03. The lowest BCUT2D eigenvalue weighted by Gasteiger charge is -2.04. The summed E-state index contributed by atoms with van der Waals surface area (Å²) in [6.07, 6.45) is 0. The van der Waals surface area contributed by atoms with Crippen molar-refractivity contribution in [1.29, 1.82) is 0 Å². The van der Waals surface area contributed by atoms with Crippen LogP contribution in [-0.2, 0) is 5.33 Å². The molecule has 4 heteroatoms. The highest BCUT2D eigenvalue weighted by Crippen LogP contribution is 2.18. The third-order valence-corrected chi connectivity index (χ3v) is 2.27. The molecule has 2 nitrogen and oxygen atoms in total. The van der Waals surface area contributed by atoms with Crippen LogP contribution in [0.3, 0.4) is 0 Å². The summed E-state index contributed by atoms with van der Waals surface area (Å²) in [7, 11) is 0.